The van der Waals surface area contributed by atoms with Gasteiger partial charge in [-0.15, -0.1) is 0 Å². The van der Waals surface area contributed by atoms with Gasteiger partial charge >= 0.3 is 0 Å². The number of benzene rings is 2. The molecule has 0 heterocycles. The fraction of sp³-hybridized carbons (Fsp3) is 0.154. The second-order valence-electron chi connectivity index (χ2n) is 3.77. The summed E-state index contributed by atoms with van der Waals surface area (Å²) in [6, 6.07) is 12.2. The van der Waals surface area contributed by atoms with Crippen molar-refractivity contribution >= 4 is 16.7 Å². The van der Waals surface area contributed by atoms with Gasteiger partial charge in [0.05, 0.1) is 6.42 Å². The van der Waals surface area contributed by atoms with Crippen LogP contribution in [0.5, 0.6) is 0 Å². The van der Waals surface area contributed by atoms with Gasteiger partial charge in [0, 0.05) is 0 Å². The third-order valence-corrected chi connectivity index (χ3v) is 2.57. The minimum Gasteiger partial charge on any atom is -0.369 e. The summed E-state index contributed by atoms with van der Waals surface area (Å²) in [5, 5.41) is 2.35. The molecular formula is C13H13NO. The largest absolute Gasteiger partial charge is 0.369 e. The number of carbonyl (C=O) groups is 1. The van der Waals surface area contributed by atoms with Crippen LogP contribution in [0.2, 0.25) is 0 Å². The molecule has 0 atom stereocenters. The van der Waals surface area contributed by atoms with Crippen LogP contribution < -0.4 is 5.73 Å². The zero-order valence-corrected chi connectivity index (χ0v) is 8.66. The highest BCUT2D eigenvalue weighted by Gasteiger charge is 2.03. The topological polar surface area (TPSA) is 43.1 Å². The van der Waals surface area contributed by atoms with Crippen molar-refractivity contribution in [2.45, 2.75) is 13.3 Å². The Hall–Kier alpha value is -1.83. The Morgan fingerprint density at radius 2 is 1.80 bits per heavy atom. The zero-order valence-electron chi connectivity index (χ0n) is 8.66. The smallest absolute Gasteiger partial charge is 0.221 e. The molecule has 1 amide bonds. The first-order valence-corrected chi connectivity index (χ1v) is 4.93. The quantitative estimate of drug-likeness (QED) is 0.791. The van der Waals surface area contributed by atoms with Crippen LogP contribution >= 0.6 is 0 Å². The Bertz CT molecular complexity index is 517. The Kier molecular flexibility index (Phi) is 2.42. The van der Waals surface area contributed by atoms with E-state index in [0.717, 1.165) is 16.5 Å². The van der Waals surface area contributed by atoms with E-state index in [2.05, 4.69) is 12.1 Å². The lowest BCUT2D eigenvalue weighted by Gasteiger charge is -2.06. The van der Waals surface area contributed by atoms with E-state index in [1.54, 1.807) is 0 Å². The van der Waals surface area contributed by atoms with Crippen molar-refractivity contribution in [3.63, 3.8) is 0 Å². The number of carbonyl (C=O) groups excluding carboxylic acids is 1. The van der Waals surface area contributed by atoms with Gasteiger partial charge in [0.15, 0.2) is 0 Å². The maximum Gasteiger partial charge on any atom is 0.221 e. The van der Waals surface area contributed by atoms with Gasteiger partial charge in [0.25, 0.3) is 0 Å². The average Bonchev–Trinajstić information content (AvgIpc) is 2.18. The van der Waals surface area contributed by atoms with E-state index in [1.807, 2.05) is 31.2 Å². The molecule has 0 aliphatic heterocycles. The maximum atomic E-state index is 10.9. The second-order valence-corrected chi connectivity index (χ2v) is 3.77. The number of hydrogen-bond acceptors (Lipinski definition) is 1. The van der Waals surface area contributed by atoms with Gasteiger partial charge in [0.1, 0.15) is 0 Å². The summed E-state index contributed by atoms with van der Waals surface area (Å²) in [4.78, 5) is 10.9. The monoisotopic (exact) mass is 199 g/mol. The van der Waals surface area contributed by atoms with Gasteiger partial charge in [-0.3, -0.25) is 4.79 Å². The fourth-order valence-electron chi connectivity index (χ4n) is 1.78. The molecule has 0 saturated heterocycles. The molecule has 0 unspecified atom stereocenters. The summed E-state index contributed by atoms with van der Waals surface area (Å²) >= 11 is 0. The van der Waals surface area contributed by atoms with Crippen molar-refractivity contribution in [1.82, 2.24) is 0 Å². The summed E-state index contributed by atoms with van der Waals surface area (Å²) in [6.45, 7) is 2.00. The molecule has 2 N–H and O–H groups in total. The van der Waals surface area contributed by atoms with Crippen molar-refractivity contribution in [3.05, 3.63) is 47.5 Å². The number of rotatable bonds is 2. The van der Waals surface area contributed by atoms with Gasteiger partial charge in [-0.05, 0) is 28.8 Å². The van der Waals surface area contributed by atoms with E-state index in [9.17, 15) is 4.79 Å². The average molecular weight is 199 g/mol. The number of primary amides is 1. The molecule has 0 radical (unpaired) electrons. The first-order chi connectivity index (χ1) is 7.16. The molecule has 0 fully saturated rings. The second kappa shape index (κ2) is 3.73. The van der Waals surface area contributed by atoms with Crippen LogP contribution in [0.15, 0.2) is 36.4 Å². The molecular weight excluding hydrogens is 186 g/mol. The zero-order chi connectivity index (χ0) is 10.8. The molecule has 0 saturated carbocycles. The molecule has 2 nitrogen and oxygen atoms in total. The molecule has 2 aromatic rings. The normalized spacial score (nSPS) is 10.5. The van der Waals surface area contributed by atoms with Gasteiger partial charge in [0.2, 0.25) is 5.91 Å². The summed E-state index contributed by atoms with van der Waals surface area (Å²) < 4.78 is 0. The third kappa shape index (κ3) is 1.99. The highest BCUT2D eigenvalue weighted by molar-refractivity contribution is 5.86. The predicted octanol–water partition coefficient (Wildman–Crippen LogP) is 2.18. The highest BCUT2D eigenvalue weighted by atomic mass is 16.1. The Labute approximate surface area is 88.7 Å². The fourth-order valence-corrected chi connectivity index (χ4v) is 1.78. The number of fused-ring (bicyclic) bond motifs is 1. The van der Waals surface area contributed by atoms with Crippen LogP contribution in [0.1, 0.15) is 11.1 Å². The predicted molar refractivity (Wildman–Crippen MR) is 61.6 cm³/mol. The van der Waals surface area contributed by atoms with E-state index < -0.39 is 0 Å². The minimum atomic E-state index is -0.284. The first kappa shape index (κ1) is 9.71. The Morgan fingerprint density at radius 1 is 1.20 bits per heavy atom. The van der Waals surface area contributed by atoms with E-state index >= 15 is 0 Å². The van der Waals surface area contributed by atoms with Crippen molar-refractivity contribution in [1.29, 1.82) is 0 Å². The molecule has 0 aliphatic rings. The highest BCUT2D eigenvalue weighted by Crippen LogP contribution is 2.19. The molecule has 0 spiro atoms. The van der Waals surface area contributed by atoms with Gasteiger partial charge in [-0.1, -0.05) is 36.4 Å². The molecule has 2 heteroatoms. The lowest BCUT2D eigenvalue weighted by atomic mass is 10.00. The summed E-state index contributed by atoms with van der Waals surface area (Å²) in [7, 11) is 0. The van der Waals surface area contributed by atoms with Crippen LogP contribution in [-0.4, -0.2) is 5.91 Å². The van der Waals surface area contributed by atoms with Gasteiger partial charge in [-0.2, -0.15) is 0 Å². The third-order valence-electron chi connectivity index (χ3n) is 2.57. The van der Waals surface area contributed by atoms with Gasteiger partial charge in [-0.25, -0.2) is 0 Å². The lowest BCUT2D eigenvalue weighted by molar-refractivity contribution is -0.117. The Balaban J connectivity index is 2.56. The van der Waals surface area contributed by atoms with Gasteiger partial charge < -0.3 is 5.73 Å². The summed E-state index contributed by atoms with van der Waals surface area (Å²) in [6.07, 6.45) is 0.316. The van der Waals surface area contributed by atoms with E-state index in [-0.39, 0.29) is 5.91 Å². The van der Waals surface area contributed by atoms with E-state index in [1.165, 1.54) is 5.39 Å². The van der Waals surface area contributed by atoms with Crippen molar-refractivity contribution < 1.29 is 4.79 Å². The molecule has 15 heavy (non-hydrogen) atoms. The molecule has 76 valence electrons. The molecule has 2 aromatic carbocycles. The summed E-state index contributed by atoms with van der Waals surface area (Å²) in [5.41, 5.74) is 7.33. The number of aryl methyl sites for hydroxylation is 1. The molecule has 0 aromatic heterocycles. The summed E-state index contributed by atoms with van der Waals surface area (Å²) in [5.74, 6) is -0.284. The van der Waals surface area contributed by atoms with Crippen molar-refractivity contribution in [2.75, 3.05) is 0 Å². The van der Waals surface area contributed by atoms with Crippen molar-refractivity contribution in [3.8, 4) is 0 Å². The van der Waals surface area contributed by atoms with E-state index in [4.69, 9.17) is 5.73 Å². The van der Waals surface area contributed by atoms with Crippen LogP contribution in [0.4, 0.5) is 0 Å². The Morgan fingerprint density at radius 3 is 2.40 bits per heavy atom. The number of hydrogen-bond donors (Lipinski definition) is 1. The number of amides is 1. The van der Waals surface area contributed by atoms with Crippen molar-refractivity contribution in [2.24, 2.45) is 5.73 Å². The van der Waals surface area contributed by atoms with Crippen LogP contribution in [-0.2, 0) is 11.2 Å². The van der Waals surface area contributed by atoms with Crippen LogP contribution in [0.25, 0.3) is 10.8 Å². The molecule has 0 bridgehead atoms. The van der Waals surface area contributed by atoms with Crippen LogP contribution in [0, 0.1) is 6.92 Å². The molecule has 2 rings (SSSR count). The standard InChI is InChI=1S/C13H13NO/c1-9-6-10-4-2-3-5-11(10)7-12(9)8-13(14)15/h2-7H,8H2,1H3,(H2,14,15). The lowest BCUT2D eigenvalue weighted by Crippen LogP contribution is -2.14. The first-order valence-electron chi connectivity index (χ1n) is 4.93. The maximum absolute atomic E-state index is 10.9. The van der Waals surface area contributed by atoms with E-state index in [0.29, 0.717) is 6.42 Å². The molecule has 0 aliphatic carbocycles. The minimum absolute atomic E-state index is 0.284. The number of nitrogens with two attached hydrogens (primary N) is 1. The van der Waals surface area contributed by atoms with Crippen LogP contribution in [0.3, 0.4) is 0 Å². The SMILES string of the molecule is Cc1cc2ccccc2cc1CC(N)=O.